The van der Waals surface area contributed by atoms with Crippen LogP contribution in [0.25, 0.3) is 0 Å². The van der Waals surface area contributed by atoms with E-state index in [1.807, 2.05) is 0 Å². The predicted molar refractivity (Wildman–Crippen MR) is 85.0 cm³/mol. The fraction of sp³-hybridized carbons (Fsp3) is 0.118. The van der Waals surface area contributed by atoms with Gasteiger partial charge in [-0.2, -0.15) is 0 Å². The number of hydrogen-bond acceptors (Lipinski definition) is 4. The van der Waals surface area contributed by atoms with E-state index >= 15 is 0 Å². The number of anilines is 2. The zero-order chi connectivity index (χ0) is 16.4. The molecule has 0 aliphatic carbocycles. The average Bonchev–Trinajstić information content (AvgIpc) is 2.54. The van der Waals surface area contributed by atoms with E-state index in [1.165, 1.54) is 6.92 Å². The van der Waals surface area contributed by atoms with E-state index < -0.39 is 0 Å². The smallest absolute Gasteiger partial charge is 0.262 e. The van der Waals surface area contributed by atoms with Crippen LogP contribution >= 0.6 is 0 Å². The van der Waals surface area contributed by atoms with Crippen molar-refractivity contribution < 1.29 is 19.1 Å². The van der Waals surface area contributed by atoms with Crippen LogP contribution in [0.3, 0.4) is 0 Å². The molecule has 23 heavy (non-hydrogen) atoms. The molecule has 0 radical (unpaired) electrons. The minimum Gasteiger partial charge on any atom is -0.482 e. The summed E-state index contributed by atoms with van der Waals surface area (Å²) in [7, 11) is 0. The lowest BCUT2D eigenvalue weighted by atomic mass is 10.1. The summed E-state index contributed by atoms with van der Waals surface area (Å²) in [6, 6.07) is 11.5. The standard InChI is InChI=1S/C17H14N2O4/c1-10(20)11-3-2-4-13(7-11)18-17(22)12-5-6-15-14(8-12)19-16(21)9-23-15/h2-8H,9H2,1H3,(H,18,22)(H,19,21). The number of nitrogens with one attached hydrogen (secondary N) is 2. The first-order valence-electron chi connectivity index (χ1n) is 7.02. The van der Waals surface area contributed by atoms with Gasteiger partial charge in [-0.15, -0.1) is 0 Å². The maximum atomic E-state index is 12.3. The lowest BCUT2D eigenvalue weighted by molar-refractivity contribution is -0.118. The number of carbonyl (C=O) groups excluding carboxylic acids is 3. The quantitative estimate of drug-likeness (QED) is 0.853. The molecule has 0 bridgehead atoms. The molecule has 0 saturated heterocycles. The number of amides is 2. The molecule has 6 heteroatoms. The van der Waals surface area contributed by atoms with Gasteiger partial charge < -0.3 is 15.4 Å². The lowest BCUT2D eigenvalue weighted by Crippen LogP contribution is -2.25. The van der Waals surface area contributed by atoms with Crippen molar-refractivity contribution in [1.82, 2.24) is 0 Å². The Morgan fingerprint density at radius 2 is 1.96 bits per heavy atom. The Labute approximate surface area is 132 Å². The summed E-state index contributed by atoms with van der Waals surface area (Å²) in [6.07, 6.45) is 0. The minimum atomic E-state index is -0.340. The highest BCUT2D eigenvalue weighted by molar-refractivity contribution is 6.06. The summed E-state index contributed by atoms with van der Waals surface area (Å²) in [5.74, 6) is -0.146. The molecule has 1 aliphatic heterocycles. The minimum absolute atomic E-state index is 0.0314. The molecule has 3 rings (SSSR count). The van der Waals surface area contributed by atoms with Crippen molar-refractivity contribution in [3.63, 3.8) is 0 Å². The molecule has 0 spiro atoms. The Bertz CT molecular complexity index is 814. The van der Waals surface area contributed by atoms with Gasteiger partial charge in [0.1, 0.15) is 5.75 Å². The summed E-state index contributed by atoms with van der Waals surface area (Å²) in [4.78, 5) is 35.0. The number of rotatable bonds is 3. The third-order valence-corrected chi connectivity index (χ3v) is 3.40. The number of carbonyl (C=O) groups is 3. The monoisotopic (exact) mass is 310 g/mol. The van der Waals surface area contributed by atoms with E-state index in [0.29, 0.717) is 28.3 Å². The van der Waals surface area contributed by atoms with Crippen LogP contribution in [0.2, 0.25) is 0 Å². The van der Waals surface area contributed by atoms with Gasteiger partial charge in [0.15, 0.2) is 12.4 Å². The van der Waals surface area contributed by atoms with Gasteiger partial charge in [-0.3, -0.25) is 14.4 Å². The highest BCUT2D eigenvalue weighted by atomic mass is 16.5. The summed E-state index contributed by atoms with van der Waals surface area (Å²) in [5.41, 5.74) is 1.89. The highest BCUT2D eigenvalue weighted by Gasteiger charge is 2.18. The fourth-order valence-corrected chi connectivity index (χ4v) is 2.24. The van der Waals surface area contributed by atoms with Crippen LogP contribution in [0, 0.1) is 0 Å². The summed E-state index contributed by atoms with van der Waals surface area (Å²) in [6.45, 7) is 1.43. The number of Topliss-reactive ketones (excluding diaryl/α,β-unsaturated/α-hetero) is 1. The second-order valence-corrected chi connectivity index (χ2v) is 5.14. The molecule has 2 aromatic rings. The molecule has 1 aliphatic rings. The van der Waals surface area contributed by atoms with Crippen molar-refractivity contribution in [3.8, 4) is 5.75 Å². The molecule has 2 amide bonds. The number of fused-ring (bicyclic) bond motifs is 1. The van der Waals surface area contributed by atoms with Gasteiger partial charge in [0.25, 0.3) is 11.8 Å². The first-order valence-corrected chi connectivity index (χ1v) is 7.02. The third-order valence-electron chi connectivity index (χ3n) is 3.40. The van der Waals surface area contributed by atoms with E-state index in [-0.39, 0.29) is 24.2 Å². The number of hydrogen-bond donors (Lipinski definition) is 2. The molecular weight excluding hydrogens is 296 g/mol. The molecule has 2 N–H and O–H groups in total. The Morgan fingerprint density at radius 1 is 1.13 bits per heavy atom. The zero-order valence-corrected chi connectivity index (χ0v) is 12.4. The first-order chi connectivity index (χ1) is 11.0. The molecule has 0 fully saturated rings. The van der Waals surface area contributed by atoms with Crippen LogP contribution in [-0.4, -0.2) is 24.2 Å². The number of benzene rings is 2. The summed E-state index contributed by atoms with van der Waals surface area (Å²) in [5, 5.41) is 5.38. The molecule has 6 nitrogen and oxygen atoms in total. The topological polar surface area (TPSA) is 84.5 Å². The van der Waals surface area contributed by atoms with Crippen LogP contribution in [0.15, 0.2) is 42.5 Å². The van der Waals surface area contributed by atoms with Crippen molar-refractivity contribution in [2.45, 2.75) is 6.92 Å². The average molecular weight is 310 g/mol. The summed E-state index contributed by atoms with van der Waals surface area (Å²) < 4.78 is 5.25. The Balaban J connectivity index is 1.81. The molecule has 0 aromatic heterocycles. The van der Waals surface area contributed by atoms with Crippen molar-refractivity contribution >= 4 is 29.0 Å². The van der Waals surface area contributed by atoms with Crippen molar-refractivity contribution in [3.05, 3.63) is 53.6 Å². The fourth-order valence-electron chi connectivity index (χ4n) is 2.24. The number of ketones is 1. The van der Waals surface area contributed by atoms with Gasteiger partial charge in [0.2, 0.25) is 0 Å². The predicted octanol–water partition coefficient (Wildman–Crippen LogP) is 2.47. The van der Waals surface area contributed by atoms with Crippen LogP contribution < -0.4 is 15.4 Å². The van der Waals surface area contributed by atoms with Crippen LogP contribution in [-0.2, 0) is 4.79 Å². The molecule has 1 heterocycles. The molecule has 116 valence electrons. The molecule has 0 saturated carbocycles. The van der Waals surface area contributed by atoms with Crippen molar-refractivity contribution in [2.75, 3.05) is 17.2 Å². The van der Waals surface area contributed by atoms with Gasteiger partial charge >= 0.3 is 0 Å². The number of ether oxygens (including phenoxy) is 1. The normalized spacial score (nSPS) is 12.7. The first kappa shape index (κ1) is 14.8. The maximum Gasteiger partial charge on any atom is 0.262 e. The molecule has 0 unspecified atom stereocenters. The van der Waals surface area contributed by atoms with E-state index in [2.05, 4.69) is 10.6 Å². The van der Waals surface area contributed by atoms with Gasteiger partial charge in [0.05, 0.1) is 5.69 Å². The van der Waals surface area contributed by atoms with Gasteiger partial charge in [-0.25, -0.2) is 0 Å². The van der Waals surface area contributed by atoms with Crippen molar-refractivity contribution in [1.29, 1.82) is 0 Å². The lowest BCUT2D eigenvalue weighted by Gasteiger charge is -2.18. The molecule has 0 atom stereocenters. The largest absolute Gasteiger partial charge is 0.482 e. The van der Waals surface area contributed by atoms with Crippen molar-refractivity contribution in [2.24, 2.45) is 0 Å². The van der Waals surface area contributed by atoms with Gasteiger partial charge in [0, 0.05) is 16.8 Å². The Morgan fingerprint density at radius 3 is 2.74 bits per heavy atom. The van der Waals surface area contributed by atoms with E-state index in [1.54, 1.807) is 42.5 Å². The zero-order valence-electron chi connectivity index (χ0n) is 12.4. The molecular formula is C17H14N2O4. The van der Waals surface area contributed by atoms with Gasteiger partial charge in [-0.1, -0.05) is 12.1 Å². The maximum absolute atomic E-state index is 12.3. The van der Waals surface area contributed by atoms with Crippen LogP contribution in [0.5, 0.6) is 5.75 Å². The second kappa shape index (κ2) is 5.92. The SMILES string of the molecule is CC(=O)c1cccc(NC(=O)c2ccc3c(c2)NC(=O)CO3)c1. The molecule has 2 aromatic carbocycles. The Hall–Kier alpha value is -3.15. The second-order valence-electron chi connectivity index (χ2n) is 5.14. The van der Waals surface area contributed by atoms with E-state index in [4.69, 9.17) is 4.74 Å². The highest BCUT2D eigenvalue weighted by Crippen LogP contribution is 2.28. The van der Waals surface area contributed by atoms with Crippen LogP contribution in [0.1, 0.15) is 27.6 Å². The third kappa shape index (κ3) is 3.21. The van der Waals surface area contributed by atoms with E-state index in [9.17, 15) is 14.4 Å². The Kier molecular flexibility index (Phi) is 3.80. The summed E-state index contributed by atoms with van der Waals surface area (Å²) >= 11 is 0. The van der Waals surface area contributed by atoms with Gasteiger partial charge in [-0.05, 0) is 37.3 Å². The van der Waals surface area contributed by atoms with Crippen LogP contribution in [0.4, 0.5) is 11.4 Å². The van der Waals surface area contributed by atoms with E-state index in [0.717, 1.165) is 0 Å².